The van der Waals surface area contributed by atoms with Crippen LogP contribution in [0.5, 0.6) is 0 Å². The molecule has 2 rings (SSSR count). The third kappa shape index (κ3) is 3.79. The number of benzene rings is 1. The number of rotatable bonds is 5. The number of hydrogen-bond donors (Lipinski definition) is 2. The molecule has 0 aliphatic carbocycles. The highest BCUT2D eigenvalue weighted by molar-refractivity contribution is 6.30. The first-order valence-electron chi connectivity index (χ1n) is 5.97. The third-order valence-electron chi connectivity index (χ3n) is 2.41. The topological polar surface area (TPSA) is 49.8 Å². The van der Waals surface area contributed by atoms with E-state index in [0.29, 0.717) is 16.7 Å². The van der Waals surface area contributed by atoms with E-state index in [2.05, 4.69) is 27.5 Å². The van der Waals surface area contributed by atoms with Gasteiger partial charge in [-0.05, 0) is 24.6 Å². The van der Waals surface area contributed by atoms with E-state index in [9.17, 15) is 4.39 Å². The maximum absolute atomic E-state index is 13.6. The zero-order valence-electron chi connectivity index (χ0n) is 10.5. The number of aromatic nitrogens is 2. The molecule has 0 spiro atoms. The zero-order valence-corrected chi connectivity index (χ0v) is 11.2. The molecule has 0 atom stereocenters. The molecule has 0 fully saturated rings. The maximum Gasteiger partial charge on any atom is 0.146 e. The summed E-state index contributed by atoms with van der Waals surface area (Å²) in [5.74, 6) is 0.822. The maximum atomic E-state index is 13.6. The molecule has 19 heavy (non-hydrogen) atoms. The van der Waals surface area contributed by atoms with Crippen LogP contribution in [0.4, 0.5) is 21.7 Å². The van der Waals surface area contributed by atoms with Crippen molar-refractivity contribution in [1.82, 2.24) is 9.97 Å². The molecule has 2 aromatic rings. The van der Waals surface area contributed by atoms with Crippen molar-refractivity contribution in [3.63, 3.8) is 0 Å². The highest BCUT2D eigenvalue weighted by Gasteiger charge is 2.05. The molecule has 0 saturated heterocycles. The van der Waals surface area contributed by atoms with Crippen LogP contribution in [-0.2, 0) is 0 Å². The van der Waals surface area contributed by atoms with E-state index >= 15 is 0 Å². The molecular formula is C13H14ClFN4. The molecule has 1 aromatic heterocycles. The molecule has 0 aliphatic heterocycles. The van der Waals surface area contributed by atoms with E-state index in [1.165, 1.54) is 24.5 Å². The summed E-state index contributed by atoms with van der Waals surface area (Å²) in [4.78, 5) is 8.12. The van der Waals surface area contributed by atoms with Crippen LogP contribution in [0.2, 0.25) is 5.02 Å². The van der Waals surface area contributed by atoms with Gasteiger partial charge in [0.05, 0.1) is 5.69 Å². The quantitative estimate of drug-likeness (QED) is 0.874. The Morgan fingerprint density at radius 2 is 2.00 bits per heavy atom. The zero-order chi connectivity index (χ0) is 13.7. The predicted octanol–water partition coefficient (Wildman–Crippen LogP) is 3.83. The lowest BCUT2D eigenvalue weighted by Crippen LogP contribution is -2.03. The molecule has 0 bridgehead atoms. The van der Waals surface area contributed by atoms with E-state index in [4.69, 9.17) is 11.6 Å². The first-order valence-corrected chi connectivity index (χ1v) is 6.35. The molecular weight excluding hydrogens is 267 g/mol. The SMILES string of the molecule is CCCNc1cc(Nc2cc(Cl)ccc2F)ncn1. The predicted molar refractivity (Wildman–Crippen MR) is 75.5 cm³/mol. The van der Waals surface area contributed by atoms with Gasteiger partial charge >= 0.3 is 0 Å². The minimum Gasteiger partial charge on any atom is -0.370 e. The van der Waals surface area contributed by atoms with Gasteiger partial charge in [0.15, 0.2) is 0 Å². The molecule has 1 heterocycles. The Bertz CT molecular complexity index is 562. The molecule has 100 valence electrons. The highest BCUT2D eigenvalue weighted by atomic mass is 35.5. The minimum absolute atomic E-state index is 0.285. The molecule has 6 heteroatoms. The number of halogens is 2. The van der Waals surface area contributed by atoms with E-state index in [1.807, 2.05) is 0 Å². The van der Waals surface area contributed by atoms with Crippen LogP contribution in [-0.4, -0.2) is 16.5 Å². The number of nitrogens with one attached hydrogen (secondary N) is 2. The van der Waals surface area contributed by atoms with Crippen molar-refractivity contribution in [2.75, 3.05) is 17.2 Å². The number of anilines is 3. The fourth-order valence-corrected chi connectivity index (χ4v) is 1.68. The average Bonchev–Trinajstić information content (AvgIpc) is 2.41. The van der Waals surface area contributed by atoms with E-state index in [-0.39, 0.29) is 11.5 Å². The molecule has 4 nitrogen and oxygen atoms in total. The minimum atomic E-state index is -0.383. The highest BCUT2D eigenvalue weighted by Crippen LogP contribution is 2.23. The standard InChI is InChI=1S/C13H14ClFN4/c1-2-5-16-12-7-13(18-8-17-12)19-11-6-9(14)3-4-10(11)15/h3-4,6-8H,2,5H2,1H3,(H2,16,17,18,19). The van der Waals surface area contributed by atoms with Gasteiger partial charge in [0.2, 0.25) is 0 Å². The molecule has 0 aliphatic rings. The van der Waals surface area contributed by atoms with Gasteiger partial charge in [0.25, 0.3) is 0 Å². The Hall–Kier alpha value is -1.88. The van der Waals surface area contributed by atoms with Crippen molar-refractivity contribution >= 4 is 28.9 Å². The first-order chi connectivity index (χ1) is 9.19. The Labute approximate surface area is 116 Å². The van der Waals surface area contributed by atoms with Gasteiger partial charge < -0.3 is 10.6 Å². The van der Waals surface area contributed by atoms with Gasteiger partial charge in [-0.1, -0.05) is 18.5 Å². The second-order valence-electron chi connectivity index (χ2n) is 3.96. The van der Waals surface area contributed by atoms with Gasteiger partial charge in [-0.3, -0.25) is 0 Å². The van der Waals surface area contributed by atoms with Crippen LogP contribution < -0.4 is 10.6 Å². The van der Waals surface area contributed by atoms with Gasteiger partial charge in [-0.15, -0.1) is 0 Å². The lowest BCUT2D eigenvalue weighted by atomic mass is 10.3. The number of hydrogen-bond acceptors (Lipinski definition) is 4. The summed E-state index contributed by atoms with van der Waals surface area (Å²) < 4.78 is 13.6. The van der Waals surface area contributed by atoms with Gasteiger partial charge in [0.1, 0.15) is 23.8 Å². The fourth-order valence-electron chi connectivity index (χ4n) is 1.51. The van der Waals surface area contributed by atoms with Crippen LogP contribution in [0.15, 0.2) is 30.6 Å². The van der Waals surface area contributed by atoms with Crippen LogP contribution in [0.3, 0.4) is 0 Å². The Balaban J connectivity index is 2.16. The molecule has 0 unspecified atom stereocenters. The summed E-state index contributed by atoms with van der Waals surface area (Å²) >= 11 is 5.83. The first kappa shape index (κ1) is 13.5. The lowest BCUT2D eigenvalue weighted by Gasteiger charge is -2.09. The summed E-state index contributed by atoms with van der Waals surface area (Å²) in [6.07, 6.45) is 2.42. The largest absolute Gasteiger partial charge is 0.370 e. The third-order valence-corrected chi connectivity index (χ3v) is 2.65. The summed E-state index contributed by atoms with van der Waals surface area (Å²) in [5.41, 5.74) is 0.285. The molecule has 1 aromatic carbocycles. The van der Waals surface area contributed by atoms with Crippen molar-refractivity contribution in [2.45, 2.75) is 13.3 Å². The number of nitrogens with zero attached hydrogens (tertiary/aromatic N) is 2. The van der Waals surface area contributed by atoms with Crippen LogP contribution >= 0.6 is 11.6 Å². The molecule has 0 saturated carbocycles. The van der Waals surface area contributed by atoms with Crippen LogP contribution in [0.1, 0.15) is 13.3 Å². The van der Waals surface area contributed by atoms with E-state index < -0.39 is 0 Å². The second kappa shape index (κ2) is 6.33. The Kier molecular flexibility index (Phi) is 4.52. The monoisotopic (exact) mass is 280 g/mol. The Morgan fingerprint density at radius 1 is 1.21 bits per heavy atom. The normalized spacial score (nSPS) is 10.3. The van der Waals surface area contributed by atoms with Gasteiger partial charge in [-0.25, -0.2) is 14.4 Å². The average molecular weight is 281 g/mol. The molecule has 0 radical (unpaired) electrons. The smallest absolute Gasteiger partial charge is 0.146 e. The van der Waals surface area contributed by atoms with Crippen molar-refractivity contribution in [1.29, 1.82) is 0 Å². The fraction of sp³-hybridized carbons (Fsp3) is 0.231. The second-order valence-corrected chi connectivity index (χ2v) is 4.40. The van der Waals surface area contributed by atoms with Gasteiger partial charge in [-0.2, -0.15) is 0 Å². The summed E-state index contributed by atoms with van der Waals surface area (Å²) in [6.45, 7) is 2.89. The summed E-state index contributed by atoms with van der Waals surface area (Å²) in [5, 5.41) is 6.48. The van der Waals surface area contributed by atoms with Crippen LogP contribution in [0, 0.1) is 5.82 Å². The van der Waals surface area contributed by atoms with Gasteiger partial charge in [0, 0.05) is 17.6 Å². The van der Waals surface area contributed by atoms with Crippen molar-refractivity contribution in [2.24, 2.45) is 0 Å². The van der Waals surface area contributed by atoms with Crippen molar-refractivity contribution in [3.8, 4) is 0 Å². The lowest BCUT2D eigenvalue weighted by molar-refractivity contribution is 0.632. The van der Waals surface area contributed by atoms with E-state index in [0.717, 1.165) is 13.0 Å². The Morgan fingerprint density at radius 3 is 2.79 bits per heavy atom. The van der Waals surface area contributed by atoms with Crippen LogP contribution in [0.25, 0.3) is 0 Å². The molecule has 2 N–H and O–H groups in total. The van der Waals surface area contributed by atoms with Crippen molar-refractivity contribution in [3.05, 3.63) is 41.4 Å². The summed E-state index contributed by atoms with van der Waals surface area (Å²) in [7, 11) is 0. The van der Waals surface area contributed by atoms with Crippen molar-refractivity contribution < 1.29 is 4.39 Å². The molecule has 0 amide bonds. The summed E-state index contributed by atoms with van der Waals surface area (Å²) in [6, 6.07) is 6.03. The van der Waals surface area contributed by atoms with E-state index in [1.54, 1.807) is 6.07 Å².